The van der Waals surface area contributed by atoms with Gasteiger partial charge in [0.2, 0.25) is 0 Å². The van der Waals surface area contributed by atoms with Crippen molar-refractivity contribution in [1.82, 2.24) is 0 Å². The predicted molar refractivity (Wildman–Crippen MR) is 162 cm³/mol. The molecule has 0 fully saturated rings. The molecule has 7 nitrogen and oxygen atoms in total. The minimum Gasteiger partial charge on any atom is -0.508 e. The van der Waals surface area contributed by atoms with E-state index in [0.717, 1.165) is 35.4 Å². The number of Topliss-reactive ketones (excluding diaryl/α,β-unsaturated/α-hetero) is 1. The van der Waals surface area contributed by atoms with Gasteiger partial charge in [-0.25, -0.2) is 23.5 Å². The van der Waals surface area contributed by atoms with Crippen LogP contribution in [0.1, 0.15) is 52.0 Å². The standard InChI is InChI=1S/C16H15F2NO2.C9H10O2.C7H7F2NO.ClH/c1-10-3-4-12(7-16(10)20)11(2)19-21-9-13-5-6-14(17)8-15(13)18;1-6-3-4-8(7(2)10)5-9(6)11;8-6-2-1-5(4-11-10)7(9)3-6;/h3-8,20H,9H2,1-2H3;3-5,11H,1-2H3;1-3H,4,10H2;1H/b19-11+;;;. The van der Waals surface area contributed by atoms with Crippen molar-refractivity contribution in [3.8, 4) is 11.5 Å². The number of benzene rings is 4. The summed E-state index contributed by atoms with van der Waals surface area (Å²) in [4.78, 5) is 20.1. The summed E-state index contributed by atoms with van der Waals surface area (Å²) in [6.45, 7) is 6.63. The number of hydrogen-bond acceptors (Lipinski definition) is 7. The van der Waals surface area contributed by atoms with E-state index in [1.54, 1.807) is 51.1 Å². The summed E-state index contributed by atoms with van der Waals surface area (Å²) in [6, 6.07) is 16.6. The summed E-state index contributed by atoms with van der Waals surface area (Å²) in [5, 5.41) is 22.7. The quantitative estimate of drug-likeness (QED) is 0.0833. The summed E-state index contributed by atoms with van der Waals surface area (Å²) in [7, 11) is 0. The van der Waals surface area contributed by atoms with Gasteiger partial charge in [-0.1, -0.05) is 35.5 Å². The number of aryl methyl sites for hydroxylation is 2. The summed E-state index contributed by atoms with van der Waals surface area (Å²) in [5.41, 5.74) is 3.82. The number of aromatic hydroxyl groups is 2. The molecule has 4 aromatic rings. The second-order valence-corrected chi connectivity index (χ2v) is 9.29. The van der Waals surface area contributed by atoms with E-state index in [1.807, 2.05) is 0 Å². The maximum atomic E-state index is 13.4. The van der Waals surface area contributed by atoms with E-state index in [-0.39, 0.29) is 54.0 Å². The molecule has 0 radical (unpaired) electrons. The lowest BCUT2D eigenvalue weighted by molar-refractivity contribution is 0.101. The molecule has 0 unspecified atom stereocenters. The van der Waals surface area contributed by atoms with Gasteiger partial charge in [-0.15, -0.1) is 12.4 Å². The van der Waals surface area contributed by atoms with Gasteiger partial charge in [0.1, 0.15) is 41.4 Å². The van der Waals surface area contributed by atoms with Gasteiger partial charge in [-0.05, 0) is 69.2 Å². The molecule has 0 spiro atoms. The third-order valence-corrected chi connectivity index (χ3v) is 5.93. The molecule has 44 heavy (non-hydrogen) atoms. The van der Waals surface area contributed by atoms with E-state index in [9.17, 15) is 32.6 Å². The van der Waals surface area contributed by atoms with E-state index in [0.29, 0.717) is 16.8 Å². The van der Waals surface area contributed by atoms with Crippen LogP contribution in [0.2, 0.25) is 0 Å². The Morgan fingerprint density at radius 1 is 0.727 bits per heavy atom. The Balaban J connectivity index is 0.000000357. The van der Waals surface area contributed by atoms with Gasteiger partial charge in [-0.3, -0.25) is 9.63 Å². The second-order valence-electron chi connectivity index (χ2n) is 9.29. The first-order valence-electron chi connectivity index (χ1n) is 12.8. The van der Waals surface area contributed by atoms with Gasteiger partial charge in [0.05, 0.1) is 12.3 Å². The molecule has 0 atom stereocenters. The zero-order valence-electron chi connectivity index (χ0n) is 24.4. The van der Waals surface area contributed by atoms with Gasteiger partial charge in [0.25, 0.3) is 0 Å². The Morgan fingerprint density at radius 2 is 1.18 bits per heavy atom. The molecular formula is C32H33ClF4N2O5. The van der Waals surface area contributed by atoms with Crippen molar-refractivity contribution in [2.45, 2.75) is 40.9 Å². The maximum Gasteiger partial charge on any atom is 0.159 e. The average molecular weight is 637 g/mol. The van der Waals surface area contributed by atoms with Crippen molar-refractivity contribution in [3.05, 3.63) is 129 Å². The number of halogens is 5. The van der Waals surface area contributed by atoms with Crippen molar-refractivity contribution in [2.24, 2.45) is 11.1 Å². The second kappa shape index (κ2) is 18.3. The van der Waals surface area contributed by atoms with Gasteiger partial charge in [-0.2, -0.15) is 0 Å². The number of carbonyl (C=O) groups excluding carboxylic acids is 1. The highest BCUT2D eigenvalue weighted by Gasteiger charge is 2.06. The van der Waals surface area contributed by atoms with Crippen molar-refractivity contribution >= 4 is 23.9 Å². The van der Waals surface area contributed by atoms with Crippen LogP contribution >= 0.6 is 12.4 Å². The highest BCUT2D eigenvalue weighted by atomic mass is 35.5. The first kappa shape index (κ1) is 37.6. The monoisotopic (exact) mass is 636 g/mol. The smallest absolute Gasteiger partial charge is 0.159 e. The number of phenols is 2. The number of nitrogens with zero attached hydrogens (tertiary/aromatic N) is 1. The number of rotatable bonds is 7. The molecule has 4 rings (SSSR count). The van der Waals surface area contributed by atoms with Crippen molar-refractivity contribution in [1.29, 1.82) is 0 Å². The molecule has 0 heterocycles. The molecule has 0 aliphatic heterocycles. The highest BCUT2D eigenvalue weighted by Crippen LogP contribution is 2.19. The topological polar surface area (TPSA) is 114 Å². The molecule has 0 aromatic heterocycles. The van der Waals surface area contributed by atoms with Crippen LogP contribution < -0.4 is 5.90 Å². The molecule has 0 amide bonds. The van der Waals surface area contributed by atoms with Crippen LogP contribution in [0.4, 0.5) is 17.6 Å². The molecule has 12 heteroatoms. The van der Waals surface area contributed by atoms with Crippen LogP contribution in [-0.4, -0.2) is 21.7 Å². The van der Waals surface area contributed by atoms with Gasteiger partial charge < -0.3 is 15.1 Å². The lowest BCUT2D eigenvalue weighted by Gasteiger charge is -2.05. The Kier molecular flexibility index (Phi) is 15.6. The Bertz CT molecular complexity index is 1580. The lowest BCUT2D eigenvalue weighted by atomic mass is 10.1. The third-order valence-electron chi connectivity index (χ3n) is 5.93. The molecule has 236 valence electrons. The normalized spacial score (nSPS) is 10.4. The fraction of sp³-hybridized carbons (Fsp3) is 0.188. The fourth-order valence-electron chi connectivity index (χ4n) is 3.28. The molecule has 0 bridgehead atoms. The number of ketones is 1. The summed E-state index contributed by atoms with van der Waals surface area (Å²) in [5.74, 6) is 2.48. The van der Waals surface area contributed by atoms with E-state index in [2.05, 4.69) is 9.99 Å². The molecule has 4 aromatic carbocycles. The van der Waals surface area contributed by atoms with Crippen LogP contribution in [0.15, 0.2) is 78.0 Å². The minimum absolute atomic E-state index is 0. The molecule has 0 aliphatic carbocycles. The number of nitrogens with two attached hydrogens (primary N) is 1. The van der Waals surface area contributed by atoms with Gasteiger partial charge >= 0.3 is 0 Å². The van der Waals surface area contributed by atoms with Gasteiger partial charge in [0.15, 0.2) is 5.78 Å². The van der Waals surface area contributed by atoms with Crippen LogP contribution in [-0.2, 0) is 22.9 Å². The Hall–Kier alpha value is -4.45. The van der Waals surface area contributed by atoms with Crippen LogP contribution in [0, 0.1) is 37.1 Å². The number of hydrogen-bond donors (Lipinski definition) is 3. The maximum absolute atomic E-state index is 13.4. The largest absolute Gasteiger partial charge is 0.508 e. The van der Waals surface area contributed by atoms with Crippen molar-refractivity contribution < 1.29 is 42.2 Å². The van der Waals surface area contributed by atoms with E-state index in [4.69, 9.17) is 10.7 Å². The summed E-state index contributed by atoms with van der Waals surface area (Å²) < 4.78 is 51.1. The molecule has 0 aliphatic rings. The van der Waals surface area contributed by atoms with Crippen molar-refractivity contribution in [2.75, 3.05) is 0 Å². The molecule has 0 saturated heterocycles. The number of oxime groups is 1. The van der Waals surface area contributed by atoms with Crippen LogP contribution in [0.25, 0.3) is 0 Å². The minimum atomic E-state index is -0.671. The zero-order valence-corrected chi connectivity index (χ0v) is 25.2. The first-order chi connectivity index (χ1) is 20.3. The third kappa shape index (κ3) is 12.0. The molecular weight excluding hydrogens is 604 g/mol. The predicted octanol–water partition coefficient (Wildman–Crippen LogP) is 7.60. The molecule has 0 saturated carbocycles. The van der Waals surface area contributed by atoms with E-state index in [1.165, 1.54) is 25.1 Å². The first-order valence-corrected chi connectivity index (χ1v) is 12.8. The van der Waals surface area contributed by atoms with Crippen molar-refractivity contribution in [3.63, 3.8) is 0 Å². The molecule has 4 N–H and O–H groups in total. The Labute approximate surface area is 258 Å². The highest BCUT2D eigenvalue weighted by molar-refractivity contribution is 5.98. The van der Waals surface area contributed by atoms with E-state index < -0.39 is 23.3 Å². The summed E-state index contributed by atoms with van der Waals surface area (Å²) >= 11 is 0. The zero-order chi connectivity index (χ0) is 32.1. The SMILES string of the molecule is C/C(=N\OCc1ccc(F)cc1F)c1ccc(C)c(O)c1.CC(=O)c1ccc(C)c(O)c1.Cl.NOCc1ccc(F)cc1F. The van der Waals surface area contributed by atoms with Crippen LogP contribution in [0.5, 0.6) is 11.5 Å². The van der Waals surface area contributed by atoms with E-state index >= 15 is 0 Å². The van der Waals surface area contributed by atoms with Gasteiger partial charge in [0, 0.05) is 34.4 Å². The average Bonchev–Trinajstić information content (AvgIpc) is 2.95. The fourth-order valence-corrected chi connectivity index (χ4v) is 3.28. The van der Waals surface area contributed by atoms with Crippen LogP contribution in [0.3, 0.4) is 0 Å². The Morgan fingerprint density at radius 3 is 1.61 bits per heavy atom. The lowest BCUT2D eigenvalue weighted by Crippen LogP contribution is -2.01. The number of phenolic OH excluding ortho intramolecular Hbond substituents is 2. The summed E-state index contributed by atoms with van der Waals surface area (Å²) in [6.07, 6.45) is 0. The number of carbonyl (C=O) groups is 1.